The summed E-state index contributed by atoms with van der Waals surface area (Å²) in [4.78, 5) is 14.9. The number of carbonyl (C=O) groups excluding carboxylic acids is 1. The van der Waals surface area contributed by atoms with E-state index in [1.54, 1.807) is 0 Å². The van der Waals surface area contributed by atoms with Gasteiger partial charge in [-0.15, -0.1) is 0 Å². The summed E-state index contributed by atoms with van der Waals surface area (Å²) in [6.45, 7) is 5.60. The Kier molecular flexibility index (Phi) is 5.54. The SMILES string of the molecule is Cc1ccc(CNC(=O)c2ccc(CN3CCc4ccccc4C3)cc2)cc1. The van der Waals surface area contributed by atoms with Gasteiger partial charge < -0.3 is 5.32 Å². The van der Waals surface area contributed by atoms with Crippen LogP contribution >= 0.6 is 0 Å². The van der Waals surface area contributed by atoms with Crippen LogP contribution in [0.2, 0.25) is 0 Å². The Morgan fingerprint density at radius 1 is 0.893 bits per heavy atom. The molecule has 0 spiro atoms. The van der Waals surface area contributed by atoms with Gasteiger partial charge in [-0.25, -0.2) is 0 Å². The molecular formula is C25H26N2O. The summed E-state index contributed by atoms with van der Waals surface area (Å²) in [6.07, 6.45) is 1.11. The average molecular weight is 370 g/mol. The number of amides is 1. The van der Waals surface area contributed by atoms with Crippen LogP contribution in [0.5, 0.6) is 0 Å². The Hall–Kier alpha value is -2.91. The molecule has 142 valence electrons. The van der Waals surface area contributed by atoms with Crippen molar-refractivity contribution in [3.63, 3.8) is 0 Å². The normalized spacial score (nSPS) is 13.8. The zero-order valence-corrected chi connectivity index (χ0v) is 16.3. The molecule has 0 fully saturated rings. The highest BCUT2D eigenvalue weighted by Crippen LogP contribution is 2.20. The van der Waals surface area contributed by atoms with Crippen molar-refractivity contribution < 1.29 is 4.79 Å². The van der Waals surface area contributed by atoms with Crippen molar-refractivity contribution in [3.05, 3.63) is 106 Å². The number of aryl methyl sites for hydroxylation is 1. The Morgan fingerprint density at radius 2 is 1.57 bits per heavy atom. The second-order valence-electron chi connectivity index (χ2n) is 7.59. The van der Waals surface area contributed by atoms with Crippen LogP contribution in [0.1, 0.15) is 38.2 Å². The molecular weight excluding hydrogens is 344 g/mol. The molecule has 0 saturated heterocycles. The van der Waals surface area contributed by atoms with E-state index < -0.39 is 0 Å². The first kappa shape index (κ1) is 18.5. The topological polar surface area (TPSA) is 32.3 Å². The van der Waals surface area contributed by atoms with Crippen LogP contribution in [-0.2, 0) is 26.1 Å². The van der Waals surface area contributed by atoms with Gasteiger partial charge in [-0.05, 0) is 47.7 Å². The van der Waals surface area contributed by atoms with Gasteiger partial charge in [0, 0.05) is 31.7 Å². The third kappa shape index (κ3) is 4.49. The predicted octanol–water partition coefficient (Wildman–Crippen LogP) is 4.48. The van der Waals surface area contributed by atoms with Crippen LogP contribution < -0.4 is 5.32 Å². The van der Waals surface area contributed by atoms with E-state index in [-0.39, 0.29) is 5.91 Å². The molecule has 1 aliphatic heterocycles. The molecule has 0 atom stereocenters. The lowest BCUT2D eigenvalue weighted by Crippen LogP contribution is -2.30. The first-order chi connectivity index (χ1) is 13.7. The number of benzene rings is 3. The fourth-order valence-electron chi connectivity index (χ4n) is 3.70. The predicted molar refractivity (Wildman–Crippen MR) is 113 cm³/mol. The van der Waals surface area contributed by atoms with Crippen molar-refractivity contribution in [3.8, 4) is 0 Å². The highest BCUT2D eigenvalue weighted by atomic mass is 16.1. The van der Waals surface area contributed by atoms with Gasteiger partial charge in [-0.3, -0.25) is 9.69 Å². The van der Waals surface area contributed by atoms with Crippen LogP contribution in [0.4, 0.5) is 0 Å². The molecule has 3 aromatic carbocycles. The van der Waals surface area contributed by atoms with E-state index in [1.807, 2.05) is 12.1 Å². The molecule has 0 saturated carbocycles. The molecule has 28 heavy (non-hydrogen) atoms. The number of nitrogens with zero attached hydrogens (tertiary/aromatic N) is 1. The molecule has 1 aliphatic rings. The van der Waals surface area contributed by atoms with Crippen LogP contribution in [0, 0.1) is 6.92 Å². The Labute approximate surface area is 167 Å². The van der Waals surface area contributed by atoms with Crippen molar-refractivity contribution in [2.75, 3.05) is 6.54 Å². The Bertz CT molecular complexity index is 945. The molecule has 1 N–H and O–H groups in total. The van der Waals surface area contributed by atoms with Gasteiger partial charge in [-0.1, -0.05) is 66.2 Å². The van der Waals surface area contributed by atoms with Crippen LogP contribution in [0.15, 0.2) is 72.8 Å². The van der Waals surface area contributed by atoms with Crippen molar-refractivity contribution >= 4 is 5.91 Å². The van der Waals surface area contributed by atoms with Gasteiger partial charge in [-0.2, -0.15) is 0 Å². The van der Waals surface area contributed by atoms with Gasteiger partial charge in [0.25, 0.3) is 5.91 Å². The molecule has 3 aromatic rings. The maximum absolute atomic E-state index is 12.4. The molecule has 3 heteroatoms. The van der Waals surface area contributed by atoms with E-state index in [2.05, 4.69) is 77.8 Å². The maximum Gasteiger partial charge on any atom is 0.251 e. The van der Waals surface area contributed by atoms with Crippen LogP contribution in [0.3, 0.4) is 0 Å². The monoisotopic (exact) mass is 370 g/mol. The summed E-state index contributed by atoms with van der Waals surface area (Å²) in [6, 6.07) is 24.9. The smallest absolute Gasteiger partial charge is 0.251 e. The molecule has 1 amide bonds. The van der Waals surface area contributed by atoms with Gasteiger partial charge >= 0.3 is 0 Å². The van der Waals surface area contributed by atoms with Crippen molar-refractivity contribution in [1.82, 2.24) is 10.2 Å². The van der Waals surface area contributed by atoms with Crippen molar-refractivity contribution in [2.45, 2.75) is 33.0 Å². The van der Waals surface area contributed by atoms with Gasteiger partial charge in [0.2, 0.25) is 0 Å². The number of fused-ring (bicyclic) bond motifs is 1. The van der Waals surface area contributed by atoms with Gasteiger partial charge in [0.05, 0.1) is 0 Å². The molecule has 0 bridgehead atoms. The maximum atomic E-state index is 12.4. The highest BCUT2D eigenvalue weighted by Gasteiger charge is 2.15. The first-order valence-corrected chi connectivity index (χ1v) is 9.89. The fraction of sp³-hybridized carbons (Fsp3) is 0.240. The Morgan fingerprint density at radius 3 is 2.32 bits per heavy atom. The van der Waals surface area contributed by atoms with E-state index in [0.29, 0.717) is 12.1 Å². The minimum absolute atomic E-state index is 0.0287. The third-order valence-electron chi connectivity index (χ3n) is 5.41. The molecule has 0 aromatic heterocycles. The quantitative estimate of drug-likeness (QED) is 0.718. The number of hydrogen-bond acceptors (Lipinski definition) is 2. The average Bonchev–Trinajstić information content (AvgIpc) is 2.73. The van der Waals surface area contributed by atoms with E-state index >= 15 is 0 Å². The molecule has 1 heterocycles. The van der Waals surface area contributed by atoms with Gasteiger partial charge in [0.15, 0.2) is 0 Å². The van der Waals surface area contributed by atoms with E-state index in [0.717, 1.165) is 31.6 Å². The van der Waals surface area contributed by atoms with Crippen LogP contribution in [-0.4, -0.2) is 17.4 Å². The second-order valence-corrected chi connectivity index (χ2v) is 7.59. The third-order valence-corrected chi connectivity index (χ3v) is 5.41. The summed E-state index contributed by atoms with van der Waals surface area (Å²) < 4.78 is 0. The fourth-order valence-corrected chi connectivity index (χ4v) is 3.70. The molecule has 0 aliphatic carbocycles. The molecule has 3 nitrogen and oxygen atoms in total. The summed E-state index contributed by atoms with van der Waals surface area (Å²) in [5.74, 6) is -0.0287. The summed E-state index contributed by atoms with van der Waals surface area (Å²) >= 11 is 0. The summed E-state index contributed by atoms with van der Waals surface area (Å²) in [5.41, 5.74) is 7.19. The summed E-state index contributed by atoms with van der Waals surface area (Å²) in [5, 5.41) is 3.00. The summed E-state index contributed by atoms with van der Waals surface area (Å²) in [7, 11) is 0. The number of hydrogen-bond donors (Lipinski definition) is 1. The van der Waals surface area contributed by atoms with E-state index in [1.165, 1.54) is 22.3 Å². The Balaban J connectivity index is 1.32. The van der Waals surface area contributed by atoms with Gasteiger partial charge in [0.1, 0.15) is 0 Å². The lowest BCUT2D eigenvalue weighted by Gasteiger charge is -2.28. The lowest BCUT2D eigenvalue weighted by molar-refractivity contribution is 0.0951. The number of rotatable bonds is 5. The standard InChI is InChI=1S/C25H26N2O/c1-19-6-8-20(9-7-19)16-26-25(28)23-12-10-21(11-13-23)17-27-15-14-22-4-2-3-5-24(22)18-27/h2-13H,14-18H2,1H3,(H,26,28). The van der Waals surface area contributed by atoms with E-state index in [4.69, 9.17) is 0 Å². The molecule has 0 radical (unpaired) electrons. The zero-order valence-electron chi connectivity index (χ0n) is 16.3. The largest absolute Gasteiger partial charge is 0.348 e. The number of nitrogens with one attached hydrogen (secondary N) is 1. The second kappa shape index (κ2) is 8.41. The minimum atomic E-state index is -0.0287. The van der Waals surface area contributed by atoms with Crippen molar-refractivity contribution in [2.24, 2.45) is 0 Å². The minimum Gasteiger partial charge on any atom is -0.348 e. The molecule has 4 rings (SSSR count). The first-order valence-electron chi connectivity index (χ1n) is 9.89. The zero-order chi connectivity index (χ0) is 19.3. The lowest BCUT2D eigenvalue weighted by atomic mass is 9.99. The highest BCUT2D eigenvalue weighted by molar-refractivity contribution is 5.94. The molecule has 0 unspecified atom stereocenters. The van der Waals surface area contributed by atoms with Crippen molar-refractivity contribution in [1.29, 1.82) is 0 Å². The van der Waals surface area contributed by atoms with E-state index in [9.17, 15) is 4.79 Å². The van der Waals surface area contributed by atoms with Crippen LogP contribution in [0.25, 0.3) is 0 Å². The number of carbonyl (C=O) groups is 1.